The lowest BCUT2D eigenvalue weighted by Gasteiger charge is -2.20. The Bertz CT molecular complexity index is 903. The minimum Gasteiger partial charge on any atom is -0.321 e. The molecule has 1 N–H and O–H groups in total. The maximum absolute atomic E-state index is 13.7. The average Bonchev–Trinajstić information content (AvgIpc) is 2.60. The highest BCUT2D eigenvalue weighted by Crippen LogP contribution is 2.49. The Morgan fingerprint density at radius 3 is 2.37 bits per heavy atom. The van der Waals surface area contributed by atoms with Crippen molar-refractivity contribution in [3.63, 3.8) is 0 Å². The zero-order chi connectivity index (χ0) is 20.2. The Kier molecular flexibility index (Phi) is 7.86. The van der Waals surface area contributed by atoms with Gasteiger partial charge >= 0.3 is 7.60 Å². The van der Waals surface area contributed by atoms with Crippen molar-refractivity contribution >= 4 is 63.6 Å². The number of nitrogens with one attached hydrogen (secondary N) is 1. The summed E-state index contributed by atoms with van der Waals surface area (Å²) in [6, 6.07) is 6.78. The van der Waals surface area contributed by atoms with E-state index >= 15 is 0 Å². The molecule has 0 aliphatic rings. The van der Waals surface area contributed by atoms with Crippen molar-refractivity contribution in [2.75, 3.05) is 18.5 Å². The van der Waals surface area contributed by atoms with E-state index in [1.54, 1.807) is 19.9 Å². The molecule has 2 rings (SSSR count). The normalized spacial score (nSPS) is 11.5. The van der Waals surface area contributed by atoms with Crippen molar-refractivity contribution in [2.24, 2.45) is 0 Å². The molecule has 0 aliphatic heterocycles. The van der Waals surface area contributed by atoms with Crippen molar-refractivity contribution < 1.29 is 22.8 Å². The third-order valence-corrected chi connectivity index (χ3v) is 6.61. The van der Waals surface area contributed by atoms with Gasteiger partial charge in [-0.3, -0.25) is 9.36 Å². The summed E-state index contributed by atoms with van der Waals surface area (Å²) >= 11 is 15.0. The second-order valence-electron chi connectivity index (χ2n) is 5.19. The zero-order valence-corrected chi connectivity index (χ0v) is 18.4. The van der Waals surface area contributed by atoms with Gasteiger partial charge in [-0.15, -0.1) is 0 Å². The van der Waals surface area contributed by atoms with E-state index in [4.69, 9.17) is 32.2 Å². The minimum absolute atomic E-state index is 0.0182. The van der Waals surface area contributed by atoms with Gasteiger partial charge in [0.05, 0.1) is 39.8 Å². The number of halogens is 4. The molecule has 0 unspecified atom stereocenters. The van der Waals surface area contributed by atoms with Crippen molar-refractivity contribution in [3.05, 3.63) is 56.2 Å². The predicted molar refractivity (Wildman–Crippen MR) is 109 cm³/mol. The topological polar surface area (TPSA) is 64.6 Å². The molecule has 0 radical (unpaired) electrons. The lowest BCUT2D eigenvalue weighted by molar-refractivity contribution is 0.102. The number of carbonyl (C=O) groups is 1. The highest BCUT2D eigenvalue weighted by molar-refractivity contribution is 9.10. The van der Waals surface area contributed by atoms with Gasteiger partial charge in [0.1, 0.15) is 5.82 Å². The standard InChI is InChI=1S/C17H16BrCl2FNO4P/c1-3-25-27(24,26-4-2)16-7-10(18)5-6-15(16)22-17(23)11-8-14(21)13(20)9-12(11)19/h5-9H,3-4H2,1-2H3,(H,22,23). The molecule has 2 aromatic carbocycles. The lowest BCUT2D eigenvalue weighted by atomic mass is 10.2. The van der Waals surface area contributed by atoms with Gasteiger partial charge in [0, 0.05) is 4.47 Å². The summed E-state index contributed by atoms with van der Waals surface area (Å²) in [5.74, 6) is -1.48. The van der Waals surface area contributed by atoms with E-state index < -0.39 is 19.3 Å². The summed E-state index contributed by atoms with van der Waals surface area (Å²) < 4.78 is 38.2. The first-order valence-corrected chi connectivity index (χ1v) is 11.0. The zero-order valence-electron chi connectivity index (χ0n) is 14.4. The van der Waals surface area contributed by atoms with Crippen molar-refractivity contribution in [1.29, 1.82) is 0 Å². The third-order valence-electron chi connectivity index (χ3n) is 3.36. The molecular weight excluding hydrogens is 483 g/mol. The molecule has 0 atom stereocenters. The van der Waals surface area contributed by atoms with Gasteiger partial charge in [0.25, 0.3) is 5.91 Å². The van der Waals surface area contributed by atoms with Crippen LogP contribution in [0, 0.1) is 5.82 Å². The predicted octanol–water partition coefficient (Wildman–Crippen LogP) is 6.04. The number of rotatable bonds is 7. The molecule has 10 heteroatoms. The van der Waals surface area contributed by atoms with E-state index in [-0.39, 0.29) is 39.8 Å². The van der Waals surface area contributed by atoms with E-state index in [9.17, 15) is 13.8 Å². The molecule has 5 nitrogen and oxygen atoms in total. The number of hydrogen-bond acceptors (Lipinski definition) is 4. The van der Waals surface area contributed by atoms with Crippen LogP contribution in [0.4, 0.5) is 10.1 Å². The third kappa shape index (κ3) is 5.31. The highest BCUT2D eigenvalue weighted by Gasteiger charge is 2.31. The Balaban J connectivity index is 2.46. The number of carbonyl (C=O) groups excluding carboxylic acids is 1. The Morgan fingerprint density at radius 1 is 1.15 bits per heavy atom. The summed E-state index contributed by atoms with van der Waals surface area (Å²) in [4.78, 5) is 12.6. The fraction of sp³-hybridized carbons (Fsp3) is 0.235. The molecule has 0 bridgehead atoms. The Morgan fingerprint density at radius 2 is 1.78 bits per heavy atom. The average molecular weight is 499 g/mol. The molecule has 0 aromatic heterocycles. The highest BCUT2D eigenvalue weighted by atomic mass is 79.9. The van der Waals surface area contributed by atoms with Crippen LogP contribution in [0.2, 0.25) is 10.0 Å². The molecule has 2 aromatic rings. The summed E-state index contributed by atoms with van der Waals surface area (Å²) in [7, 11) is -3.69. The molecule has 0 fully saturated rings. The quantitative estimate of drug-likeness (QED) is 0.373. The van der Waals surface area contributed by atoms with Crippen LogP contribution in [0.5, 0.6) is 0 Å². The summed E-state index contributed by atoms with van der Waals surface area (Å²) in [6.45, 7) is 3.65. The molecule has 1 amide bonds. The SMILES string of the molecule is CCOP(=O)(OCC)c1cc(Br)ccc1NC(=O)c1cc(F)c(Cl)cc1Cl. The van der Waals surface area contributed by atoms with Gasteiger partial charge in [-0.25, -0.2) is 4.39 Å². The molecule has 0 saturated heterocycles. The van der Waals surface area contributed by atoms with Crippen LogP contribution in [0.15, 0.2) is 34.8 Å². The Labute approximate surface area is 174 Å². The van der Waals surface area contributed by atoms with Gasteiger partial charge in [0.15, 0.2) is 0 Å². The van der Waals surface area contributed by atoms with Gasteiger partial charge in [-0.1, -0.05) is 39.1 Å². The fourth-order valence-corrected chi connectivity index (χ4v) is 5.00. The molecule has 146 valence electrons. The molecule has 27 heavy (non-hydrogen) atoms. The number of amides is 1. The van der Waals surface area contributed by atoms with E-state index in [1.165, 1.54) is 12.1 Å². The van der Waals surface area contributed by atoms with E-state index in [0.29, 0.717) is 4.47 Å². The lowest BCUT2D eigenvalue weighted by Crippen LogP contribution is -2.21. The van der Waals surface area contributed by atoms with Gasteiger partial charge < -0.3 is 14.4 Å². The number of anilines is 1. The van der Waals surface area contributed by atoms with E-state index in [2.05, 4.69) is 21.2 Å². The van der Waals surface area contributed by atoms with Crippen LogP contribution in [-0.2, 0) is 13.6 Å². The molecule has 0 saturated carbocycles. The van der Waals surface area contributed by atoms with Crippen molar-refractivity contribution in [3.8, 4) is 0 Å². The van der Waals surface area contributed by atoms with E-state index in [0.717, 1.165) is 12.1 Å². The largest absolute Gasteiger partial charge is 0.363 e. The molecule has 0 spiro atoms. The van der Waals surface area contributed by atoms with Gasteiger partial charge in [-0.2, -0.15) is 0 Å². The molecule has 0 aliphatic carbocycles. The summed E-state index contributed by atoms with van der Waals surface area (Å²) in [5.41, 5.74) is 0.0787. The first-order chi connectivity index (χ1) is 12.7. The Hall–Kier alpha value is -0.950. The van der Waals surface area contributed by atoms with Crippen LogP contribution in [-0.4, -0.2) is 19.1 Å². The van der Waals surface area contributed by atoms with Crippen molar-refractivity contribution in [2.45, 2.75) is 13.8 Å². The van der Waals surface area contributed by atoms with Crippen LogP contribution in [0.25, 0.3) is 0 Å². The first-order valence-electron chi connectivity index (χ1n) is 7.87. The van der Waals surface area contributed by atoms with E-state index in [1.807, 2.05) is 0 Å². The molecule has 0 heterocycles. The fourth-order valence-electron chi connectivity index (χ4n) is 2.24. The smallest absolute Gasteiger partial charge is 0.321 e. The van der Waals surface area contributed by atoms with Crippen molar-refractivity contribution in [1.82, 2.24) is 0 Å². The maximum atomic E-state index is 13.7. The van der Waals surface area contributed by atoms with Crippen LogP contribution in [0.3, 0.4) is 0 Å². The second-order valence-corrected chi connectivity index (χ2v) is 8.92. The summed E-state index contributed by atoms with van der Waals surface area (Å²) in [5, 5.41) is 2.53. The first kappa shape index (κ1) is 22.3. The van der Waals surface area contributed by atoms with Crippen LogP contribution < -0.4 is 10.6 Å². The second kappa shape index (κ2) is 9.50. The van der Waals surface area contributed by atoms with Crippen LogP contribution in [0.1, 0.15) is 24.2 Å². The van der Waals surface area contributed by atoms with Gasteiger partial charge in [0.2, 0.25) is 0 Å². The minimum atomic E-state index is -3.69. The monoisotopic (exact) mass is 497 g/mol. The maximum Gasteiger partial charge on any atom is 0.363 e. The number of hydrogen-bond donors (Lipinski definition) is 1. The molecular formula is C17H16BrCl2FNO4P. The summed E-state index contributed by atoms with van der Waals surface area (Å²) in [6.07, 6.45) is 0. The van der Waals surface area contributed by atoms with Gasteiger partial charge in [-0.05, 0) is 44.2 Å². The number of benzene rings is 2. The van der Waals surface area contributed by atoms with Crippen LogP contribution >= 0.6 is 46.7 Å².